The SMILES string of the molecule is O=S([O-])C1=CC=CC=CN1. The molecule has 4 heteroatoms. The Labute approximate surface area is 61.4 Å². The van der Waals surface area contributed by atoms with Gasteiger partial charge in [0, 0.05) is 6.20 Å². The minimum atomic E-state index is -2.17. The number of hydrogen-bond donors (Lipinski definition) is 1. The van der Waals surface area contributed by atoms with Gasteiger partial charge in [-0.05, 0) is 23.2 Å². The molecule has 1 aliphatic rings. The second kappa shape index (κ2) is 3.34. The minimum Gasteiger partial charge on any atom is -0.767 e. The van der Waals surface area contributed by atoms with Crippen molar-refractivity contribution in [2.75, 3.05) is 0 Å². The molecule has 0 amide bonds. The summed E-state index contributed by atoms with van der Waals surface area (Å²) in [6.45, 7) is 0. The van der Waals surface area contributed by atoms with E-state index >= 15 is 0 Å². The third-order valence-corrected chi connectivity index (χ3v) is 1.58. The number of nitrogens with one attached hydrogen (secondary N) is 1. The molecular weight excluding hydrogens is 150 g/mol. The van der Waals surface area contributed by atoms with Gasteiger partial charge in [0.25, 0.3) is 0 Å². The molecule has 1 aliphatic heterocycles. The van der Waals surface area contributed by atoms with E-state index in [0.717, 1.165) is 0 Å². The molecule has 10 heavy (non-hydrogen) atoms. The Balaban J connectivity index is 2.78. The van der Waals surface area contributed by atoms with E-state index in [9.17, 15) is 8.76 Å². The number of rotatable bonds is 1. The van der Waals surface area contributed by atoms with Crippen LogP contribution in [0, 0.1) is 0 Å². The van der Waals surface area contributed by atoms with E-state index in [4.69, 9.17) is 0 Å². The van der Waals surface area contributed by atoms with Gasteiger partial charge in [-0.15, -0.1) is 0 Å². The molecule has 1 rings (SSSR count). The molecule has 1 N–H and O–H groups in total. The summed E-state index contributed by atoms with van der Waals surface area (Å²) >= 11 is -2.17. The van der Waals surface area contributed by atoms with Crippen LogP contribution in [-0.4, -0.2) is 8.76 Å². The van der Waals surface area contributed by atoms with Crippen molar-refractivity contribution < 1.29 is 8.76 Å². The van der Waals surface area contributed by atoms with Crippen molar-refractivity contribution in [1.82, 2.24) is 5.32 Å². The average molecular weight is 156 g/mol. The van der Waals surface area contributed by atoms with Crippen LogP contribution in [0.2, 0.25) is 0 Å². The minimum absolute atomic E-state index is 0.185. The van der Waals surface area contributed by atoms with Crippen molar-refractivity contribution >= 4 is 11.1 Å². The maximum atomic E-state index is 10.3. The van der Waals surface area contributed by atoms with Gasteiger partial charge in [-0.2, -0.15) is 0 Å². The van der Waals surface area contributed by atoms with Gasteiger partial charge in [-0.25, -0.2) is 0 Å². The molecule has 3 nitrogen and oxygen atoms in total. The Kier molecular flexibility index (Phi) is 2.42. The lowest BCUT2D eigenvalue weighted by molar-refractivity contribution is 0.541. The summed E-state index contributed by atoms with van der Waals surface area (Å²) in [7, 11) is 0. The summed E-state index contributed by atoms with van der Waals surface area (Å²) in [5, 5.41) is 2.77. The molecule has 1 heterocycles. The Hall–Kier alpha value is -0.870. The van der Waals surface area contributed by atoms with Gasteiger partial charge >= 0.3 is 0 Å². The first-order chi connectivity index (χ1) is 4.80. The molecule has 0 aromatic rings. The van der Waals surface area contributed by atoms with Crippen molar-refractivity contribution in [3.8, 4) is 0 Å². The molecular formula is C6H6NO2S-. The van der Waals surface area contributed by atoms with Crippen molar-refractivity contribution in [2.45, 2.75) is 0 Å². The zero-order valence-corrected chi connectivity index (χ0v) is 5.93. The van der Waals surface area contributed by atoms with E-state index in [1.807, 2.05) is 0 Å². The molecule has 0 saturated heterocycles. The Morgan fingerprint density at radius 1 is 1.40 bits per heavy atom. The molecule has 0 radical (unpaired) electrons. The summed E-state index contributed by atoms with van der Waals surface area (Å²) in [4.78, 5) is 0. The highest BCUT2D eigenvalue weighted by Crippen LogP contribution is 1.97. The molecule has 0 saturated carbocycles. The zero-order chi connectivity index (χ0) is 7.40. The van der Waals surface area contributed by atoms with Gasteiger partial charge < -0.3 is 9.87 Å². The van der Waals surface area contributed by atoms with Crippen molar-refractivity contribution in [3.63, 3.8) is 0 Å². The predicted molar refractivity (Wildman–Crippen MR) is 38.4 cm³/mol. The van der Waals surface area contributed by atoms with Gasteiger partial charge in [0.2, 0.25) is 0 Å². The van der Waals surface area contributed by atoms with Crippen LogP contribution in [0.15, 0.2) is 35.5 Å². The lowest BCUT2D eigenvalue weighted by atomic mass is 10.5. The smallest absolute Gasteiger partial charge is 0.0894 e. The summed E-state index contributed by atoms with van der Waals surface area (Å²) in [5.41, 5.74) is 0. The zero-order valence-electron chi connectivity index (χ0n) is 5.11. The summed E-state index contributed by atoms with van der Waals surface area (Å²) in [6, 6.07) is 0. The lowest BCUT2D eigenvalue weighted by Gasteiger charge is -2.07. The fourth-order valence-corrected chi connectivity index (χ4v) is 0.899. The highest BCUT2D eigenvalue weighted by atomic mass is 32.2. The molecule has 0 aliphatic carbocycles. The fourth-order valence-electron chi connectivity index (χ4n) is 0.545. The molecule has 0 spiro atoms. The van der Waals surface area contributed by atoms with Crippen LogP contribution < -0.4 is 5.32 Å². The monoisotopic (exact) mass is 156 g/mol. The third kappa shape index (κ3) is 1.82. The summed E-state index contributed by atoms with van der Waals surface area (Å²) in [5.74, 6) is 0. The average Bonchev–Trinajstić information content (AvgIpc) is 2.12. The van der Waals surface area contributed by atoms with E-state index in [-0.39, 0.29) is 5.03 Å². The molecule has 0 aromatic heterocycles. The maximum absolute atomic E-state index is 10.3. The first-order valence-corrected chi connectivity index (χ1v) is 3.77. The van der Waals surface area contributed by atoms with Crippen LogP contribution in [0.1, 0.15) is 0 Å². The van der Waals surface area contributed by atoms with Gasteiger partial charge in [-0.1, -0.05) is 12.2 Å². The quantitative estimate of drug-likeness (QED) is 0.558. The van der Waals surface area contributed by atoms with Gasteiger partial charge in [0.05, 0.1) is 5.03 Å². The third-order valence-electron chi connectivity index (χ3n) is 0.971. The maximum Gasteiger partial charge on any atom is 0.0894 e. The van der Waals surface area contributed by atoms with Crippen LogP contribution in [0.25, 0.3) is 0 Å². The normalized spacial score (nSPS) is 19.1. The molecule has 0 fully saturated rings. The highest BCUT2D eigenvalue weighted by Gasteiger charge is 1.91. The van der Waals surface area contributed by atoms with Crippen LogP contribution in [-0.2, 0) is 11.1 Å². The molecule has 1 atom stereocenters. The van der Waals surface area contributed by atoms with Crippen LogP contribution in [0.5, 0.6) is 0 Å². The molecule has 0 bridgehead atoms. The largest absolute Gasteiger partial charge is 0.767 e. The lowest BCUT2D eigenvalue weighted by Crippen LogP contribution is -2.08. The van der Waals surface area contributed by atoms with Gasteiger partial charge in [0.15, 0.2) is 0 Å². The van der Waals surface area contributed by atoms with Gasteiger partial charge in [0.1, 0.15) is 0 Å². The standard InChI is InChI=1S/C6H7NO2S/c8-10(9)6-4-2-1-3-5-7-6/h1-5,7H,(H,8,9)/p-1. The van der Waals surface area contributed by atoms with Crippen LogP contribution >= 0.6 is 0 Å². The van der Waals surface area contributed by atoms with E-state index in [0.29, 0.717) is 0 Å². The van der Waals surface area contributed by atoms with Crippen molar-refractivity contribution in [1.29, 1.82) is 0 Å². The molecule has 0 aromatic carbocycles. The Bertz CT molecular complexity index is 230. The first-order valence-electron chi connectivity index (χ1n) is 2.70. The van der Waals surface area contributed by atoms with Crippen molar-refractivity contribution in [3.05, 3.63) is 35.5 Å². The van der Waals surface area contributed by atoms with E-state index < -0.39 is 11.1 Å². The molecule has 1 unspecified atom stereocenters. The number of hydrogen-bond acceptors (Lipinski definition) is 3. The van der Waals surface area contributed by atoms with E-state index in [1.54, 1.807) is 24.4 Å². The topological polar surface area (TPSA) is 52.2 Å². The van der Waals surface area contributed by atoms with Crippen molar-refractivity contribution in [2.24, 2.45) is 0 Å². The summed E-state index contributed by atoms with van der Waals surface area (Å²) in [6.07, 6.45) is 8.17. The molecule has 54 valence electrons. The van der Waals surface area contributed by atoms with E-state index in [2.05, 4.69) is 5.32 Å². The number of allylic oxidation sites excluding steroid dienone is 4. The predicted octanol–water partition coefficient (Wildman–Crippen LogP) is 0.380. The highest BCUT2D eigenvalue weighted by molar-refractivity contribution is 7.83. The second-order valence-electron chi connectivity index (χ2n) is 1.65. The summed E-state index contributed by atoms with van der Waals surface area (Å²) < 4.78 is 20.6. The fraction of sp³-hybridized carbons (Fsp3) is 0. The van der Waals surface area contributed by atoms with Gasteiger partial charge in [-0.3, -0.25) is 4.21 Å². The Morgan fingerprint density at radius 3 is 2.90 bits per heavy atom. The van der Waals surface area contributed by atoms with Crippen LogP contribution in [0.3, 0.4) is 0 Å². The first kappa shape index (κ1) is 7.24. The Morgan fingerprint density at radius 2 is 2.20 bits per heavy atom. The van der Waals surface area contributed by atoms with Crippen LogP contribution in [0.4, 0.5) is 0 Å². The van der Waals surface area contributed by atoms with E-state index in [1.165, 1.54) is 6.08 Å². The second-order valence-corrected chi connectivity index (χ2v) is 2.56.